The Kier molecular flexibility index (Phi) is 17.5. The number of Topliss-reactive ketones (excluding diaryl/α,β-unsaturated/α-hetero) is 1. The molecule has 3 aliphatic heterocycles. The fraction of sp³-hybridized carbons (Fsp3) is 0.647. The third kappa shape index (κ3) is 11.6. The van der Waals surface area contributed by atoms with Crippen molar-refractivity contribution in [2.75, 3.05) is 27.2 Å². The molecule has 68 heavy (non-hydrogen) atoms. The van der Waals surface area contributed by atoms with Gasteiger partial charge in [-0.25, -0.2) is 9.78 Å². The van der Waals surface area contributed by atoms with Crippen LogP contribution in [0.25, 0.3) is 11.5 Å². The fourth-order valence-electron chi connectivity index (χ4n) is 10.8. The Bertz CT molecular complexity index is 2150. The summed E-state index contributed by atoms with van der Waals surface area (Å²) < 4.78 is 46.1. The normalized spacial score (nSPS) is 33.9. The second kappa shape index (κ2) is 22.7. The van der Waals surface area contributed by atoms with Crippen molar-refractivity contribution in [2.45, 2.75) is 161 Å². The number of nitrogens with zero attached hydrogens (tertiary/aromatic N) is 5. The fourth-order valence-corrected chi connectivity index (χ4v) is 10.8. The summed E-state index contributed by atoms with van der Waals surface area (Å²) in [5, 5.41) is 11.9. The van der Waals surface area contributed by atoms with Crippen molar-refractivity contribution in [3.05, 3.63) is 73.7 Å². The number of aromatic nitrogens is 3. The molecule has 3 aliphatic rings. The molecular formula is C51H73N5O12. The molecule has 0 spiro atoms. The zero-order valence-corrected chi connectivity index (χ0v) is 41.4. The van der Waals surface area contributed by atoms with Crippen LogP contribution in [0.2, 0.25) is 0 Å². The maximum atomic E-state index is 15.0. The van der Waals surface area contributed by atoms with E-state index in [1.807, 2.05) is 56.5 Å². The molecule has 3 aromatic heterocycles. The van der Waals surface area contributed by atoms with Crippen molar-refractivity contribution < 1.29 is 57.1 Å². The molecule has 0 bridgehead atoms. The predicted molar refractivity (Wildman–Crippen MR) is 251 cm³/mol. The molecule has 0 aromatic carbocycles. The Labute approximate surface area is 400 Å². The highest BCUT2D eigenvalue weighted by Gasteiger charge is 2.60. The number of amides is 1. The molecule has 3 aromatic rings. The summed E-state index contributed by atoms with van der Waals surface area (Å²) in [4.78, 5) is 70.2. The van der Waals surface area contributed by atoms with Crippen molar-refractivity contribution in [2.24, 2.45) is 23.7 Å². The average molecular weight is 948 g/mol. The zero-order valence-electron chi connectivity index (χ0n) is 41.4. The summed E-state index contributed by atoms with van der Waals surface area (Å²) in [7, 11) is 3.41. The van der Waals surface area contributed by atoms with Crippen LogP contribution in [0.3, 0.4) is 0 Å². The zero-order chi connectivity index (χ0) is 49.5. The smallest absolute Gasteiger partial charge is 0.410 e. The van der Waals surface area contributed by atoms with Crippen LogP contribution < -0.4 is 0 Å². The molecule has 1 amide bonds. The molecule has 3 saturated heterocycles. The summed E-state index contributed by atoms with van der Waals surface area (Å²) in [6, 6.07) is 7.68. The largest absolute Gasteiger partial charge is 0.463 e. The Morgan fingerprint density at radius 2 is 1.79 bits per heavy atom. The number of furan rings is 1. The minimum Gasteiger partial charge on any atom is -0.463 e. The van der Waals surface area contributed by atoms with Gasteiger partial charge in [-0.2, -0.15) is 0 Å². The number of aliphatic hydroxyl groups is 1. The topological polar surface area (TPSA) is 194 Å². The lowest BCUT2D eigenvalue weighted by atomic mass is 9.73. The maximum Gasteiger partial charge on any atom is 0.410 e. The van der Waals surface area contributed by atoms with Gasteiger partial charge in [-0.15, -0.1) is 6.58 Å². The van der Waals surface area contributed by atoms with Gasteiger partial charge in [0, 0.05) is 62.9 Å². The van der Waals surface area contributed by atoms with E-state index in [1.165, 1.54) is 7.11 Å². The molecule has 374 valence electrons. The molecule has 1 N–H and O–H groups in total. The molecule has 0 unspecified atom stereocenters. The van der Waals surface area contributed by atoms with E-state index in [-0.39, 0.29) is 43.7 Å². The molecule has 14 atom stereocenters. The molecule has 17 heteroatoms. The highest BCUT2D eigenvalue weighted by Crippen LogP contribution is 2.44. The highest BCUT2D eigenvalue weighted by molar-refractivity contribution is 5.85. The van der Waals surface area contributed by atoms with Gasteiger partial charge in [0.1, 0.15) is 29.8 Å². The van der Waals surface area contributed by atoms with Crippen molar-refractivity contribution in [1.29, 1.82) is 0 Å². The Hall–Kier alpha value is -4.94. The minimum atomic E-state index is -1.45. The first-order valence-electron chi connectivity index (χ1n) is 24.1. The lowest BCUT2D eigenvalue weighted by Gasteiger charge is -2.48. The molecule has 0 saturated carbocycles. The molecule has 0 radical (unpaired) electrons. The van der Waals surface area contributed by atoms with Crippen LogP contribution in [0, 0.1) is 23.7 Å². The second-order valence-corrected chi connectivity index (χ2v) is 19.5. The highest BCUT2D eigenvalue weighted by atomic mass is 16.7. The first kappa shape index (κ1) is 52.4. The number of imidazole rings is 1. The first-order chi connectivity index (χ1) is 32.3. The molecule has 17 nitrogen and oxygen atoms in total. The number of hydrogen-bond donors (Lipinski definition) is 1. The molecule has 0 aliphatic carbocycles. The number of methoxy groups -OCH3 is 1. The van der Waals surface area contributed by atoms with Crippen LogP contribution in [0.5, 0.6) is 0 Å². The summed E-state index contributed by atoms with van der Waals surface area (Å²) in [6.45, 7) is 19.6. The van der Waals surface area contributed by atoms with Crippen molar-refractivity contribution in [3.63, 3.8) is 0 Å². The van der Waals surface area contributed by atoms with Gasteiger partial charge in [0.2, 0.25) is 0 Å². The maximum absolute atomic E-state index is 15.0. The summed E-state index contributed by atoms with van der Waals surface area (Å²) >= 11 is 0. The Balaban J connectivity index is 1.35. The van der Waals surface area contributed by atoms with Crippen LogP contribution in [-0.2, 0) is 55.8 Å². The number of hydrogen-bond acceptors (Lipinski definition) is 15. The van der Waals surface area contributed by atoms with Crippen LogP contribution in [-0.4, -0.2) is 141 Å². The number of carbonyl (C=O) groups is 4. The van der Waals surface area contributed by atoms with E-state index < -0.39 is 89.7 Å². The molecule has 6 rings (SSSR count). The van der Waals surface area contributed by atoms with Gasteiger partial charge >= 0.3 is 18.0 Å². The van der Waals surface area contributed by atoms with Crippen molar-refractivity contribution >= 4 is 23.8 Å². The first-order valence-corrected chi connectivity index (χ1v) is 24.1. The summed E-state index contributed by atoms with van der Waals surface area (Å²) in [6.07, 6.45) is 4.03. The van der Waals surface area contributed by atoms with E-state index in [0.29, 0.717) is 49.5 Å². The number of pyridine rings is 1. The standard InChI is InChI=1S/C51H73N5O12/c1-12-22-54(10)38-26-32(4)64-48(43(38)59)67-46-34(6)44(66-41(57)27-36-19-14-15-21-52-36)35(7)47(60)65-40(13-2)51(9)45(33(5)42(58)31(3)28-50(46,8)62-11)56(49(61)68-51)24-17-16-23-55-29-37(53-30-55)39-20-18-25-63-39/h12,14-15,18-21,25,29-35,38,40,43-46,48,59H,1,13,16-17,22-24,26-28H2,2-11H3/t31-,32-,33+,34+,35-,38+,40-,43-,44+,45-,46-,48+,50-,51-/m1/s1. The summed E-state index contributed by atoms with van der Waals surface area (Å²) in [5.41, 5.74) is -1.58. The van der Waals surface area contributed by atoms with Gasteiger partial charge < -0.3 is 47.4 Å². The third-order valence-corrected chi connectivity index (χ3v) is 14.4. The lowest BCUT2D eigenvalue weighted by Crippen LogP contribution is -2.61. The van der Waals surface area contributed by atoms with E-state index in [1.54, 1.807) is 81.7 Å². The number of aliphatic hydroxyl groups excluding tert-OH is 1. The van der Waals surface area contributed by atoms with Crippen molar-refractivity contribution in [3.8, 4) is 11.5 Å². The van der Waals surface area contributed by atoms with Gasteiger partial charge in [0.05, 0.1) is 54.5 Å². The van der Waals surface area contributed by atoms with Gasteiger partial charge in [-0.05, 0) is 91.1 Å². The number of esters is 2. The van der Waals surface area contributed by atoms with Crippen LogP contribution >= 0.6 is 0 Å². The van der Waals surface area contributed by atoms with E-state index >= 15 is 4.79 Å². The van der Waals surface area contributed by atoms with E-state index in [4.69, 9.17) is 32.8 Å². The van der Waals surface area contributed by atoms with Crippen LogP contribution in [0.15, 0.2) is 72.4 Å². The predicted octanol–water partition coefficient (Wildman–Crippen LogP) is 6.66. The number of aryl methyl sites for hydroxylation is 1. The number of rotatable bonds is 16. The van der Waals surface area contributed by atoms with Gasteiger partial charge in [-0.1, -0.05) is 39.8 Å². The van der Waals surface area contributed by atoms with E-state index in [9.17, 15) is 19.5 Å². The van der Waals surface area contributed by atoms with E-state index in [2.05, 4.69) is 16.5 Å². The number of likely N-dealkylation sites (N-methyl/N-ethyl adjacent to an activating group) is 1. The second-order valence-electron chi connectivity index (χ2n) is 19.5. The number of ether oxygens (including phenoxy) is 6. The monoisotopic (exact) mass is 948 g/mol. The van der Waals surface area contributed by atoms with Crippen molar-refractivity contribution in [1.82, 2.24) is 24.3 Å². The van der Waals surface area contributed by atoms with Crippen LogP contribution in [0.4, 0.5) is 4.79 Å². The number of fused-ring (bicyclic) bond motifs is 1. The quantitative estimate of drug-likeness (QED) is 0.0693. The Morgan fingerprint density at radius 1 is 1.04 bits per heavy atom. The van der Waals surface area contributed by atoms with Gasteiger partial charge in [-0.3, -0.25) is 24.3 Å². The minimum absolute atomic E-state index is 0.105. The SMILES string of the molecule is C=CCN(C)[C@H]1C[C@@H](C)O[C@@H](O[C@@H]2[C@@H](C)[C@H](OC(=O)Cc3ccccn3)[C@@H](C)C(=O)O[C@H](CC)[C@@]3(C)OC(=O)N(CCCCn4cnc(-c5ccco5)c4)[C@@H]3[C@@H](C)C(=O)[C@H](C)C[C@@]2(C)OC)[C@@H]1O. The van der Waals surface area contributed by atoms with Gasteiger partial charge in [0.15, 0.2) is 17.7 Å². The molecule has 3 fully saturated rings. The number of carbonyl (C=O) groups excluding carboxylic acids is 4. The van der Waals surface area contributed by atoms with E-state index in [0.717, 1.165) is 0 Å². The van der Waals surface area contributed by atoms with Crippen LogP contribution in [0.1, 0.15) is 93.2 Å². The number of ketones is 1. The number of cyclic esters (lactones) is 1. The molecular weight excluding hydrogens is 875 g/mol. The third-order valence-electron chi connectivity index (χ3n) is 14.4. The summed E-state index contributed by atoms with van der Waals surface area (Å²) in [5.74, 6) is -4.27. The van der Waals surface area contributed by atoms with Gasteiger partial charge in [0.25, 0.3) is 0 Å². The lowest BCUT2D eigenvalue weighted by molar-refractivity contribution is -0.302. The molecule has 6 heterocycles. The average Bonchev–Trinajstić information content (AvgIpc) is 4.08. The Morgan fingerprint density at radius 3 is 2.46 bits per heavy atom. The number of unbranched alkanes of at least 4 members (excludes halogenated alkanes) is 1.